The SMILES string of the molecule is N#Cc1ccc(NC[C@@H]2COC3(CCCCC3)O2)nc1. The number of rotatable bonds is 3. The first kappa shape index (κ1) is 13.3. The lowest BCUT2D eigenvalue weighted by atomic mass is 9.94. The van der Waals surface area contributed by atoms with Gasteiger partial charge in [-0.05, 0) is 25.0 Å². The number of nitriles is 1. The summed E-state index contributed by atoms with van der Waals surface area (Å²) in [6.45, 7) is 1.32. The third kappa shape index (κ3) is 2.92. The van der Waals surface area contributed by atoms with Crippen molar-refractivity contribution in [2.45, 2.75) is 44.0 Å². The van der Waals surface area contributed by atoms with E-state index in [0.29, 0.717) is 18.7 Å². The molecule has 2 fully saturated rings. The Morgan fingerprint density at radius 2 is 2.20 bits per heavy atom. The highest BCUT2D eigenvalue weighted by atomic mass is 16.7. The Bertz CT molecular complexity index is 489. The van der Waals surface area contributed by atoms with Crippen molar-refractivity contribution in [1.29, 1.82) is 5.26 Å². The fourth-order valence-electron chi connectivity index (χ4n) is 2.85. The molecule has 3 rings (SSSR count). The Hall–Kier alpha value is -1.64. The minimum atomic E-state index is -0.317. The normalized spacial score (nSPS) is 24.4. The lowest BCUT2D eigenvalue weighted by Gasteiger charge is -2.31. The molecular weight excluding hydrogens is 254 g/mol. The van der Waals surface area contributed by atoms with Gasteiger partial charge in [0, 0.05) is 25.6 Å². The number of hydrogen-bond acceptors (Lipinski definition) is 5. The molecule has 20 heavy (non-hydrogen) atoms. The molecule has 1 atom stereocenters. The summed E-state index contributed by atoms with van der Waals surface area (Å²) in [7, 11) is 0. The molecule has 1 N–H and O–H groups in total. The van der Waals surface area contributed by atoms with Crippen molar-refractivity contribution in [3.8, 4) is 6.07 Å². The van der Waals surface area contributed by atoms with Crippen LogP contribution in [0.25, 0.3) is 0 Å². The summed E-state index contributed by atoms with van der Waals surface area (Å²) in [4.78, 5) is 4.18. The molecule has 0 bridgehead atoms. The van der Waals surface area contributed by atoms with Crippen LogP contribution in [0.4, 0.5) is 5.82 Å². The molecule has 0 unspecified atom stereocenters. The Kier molecular flexibility index (Phi) is 3.86. The molecule has 5 heteroatoms. The molecule has 0 amide bonds. The molecule has 1 saturated heterocycles. The van der Waals surface area contributed by atoms with Gasteiger partial charge in [-0.1, -0.05) is 6.42 Å². The van der Waals surface area contributed by atoms with E-state index in [1.807, 2.05) is 6.07 Å². The van der Waals surface area contributed by atoms with E-state index in [1.54, 1.807) is 12.3 Å². The van der Waals surface area contributed by atoms with Crippen LogP contribution in [-0.4, -0.2) is 30.0 Å². The summed E-state index contributed by atoms with van der Waals surface area (Å²) in [5.41, 5.74) is 0.567. The van der Waals surface area contributed by atoms with Crippen molar-refractivity contribution >= 4 is 5.82 Å². The molecule has 2 aliphatic rings. The van der Waals surface area contributed by atoms with Crippen LogP contribution in [0.5, 0.6) is 0 Å². The van der Waals surface area contributed by atoms with Crippen molar-refractivity contribution in [2.24, 2.45) is 0 Å². The average Bonchev–Trinajstić information content (AvgIpc) is 2.89. The molecule has 1 aliphatic heterocycles. The quantitative estimate of drug-likeness (QED) is 0.916. The van der Waals surface area contributed by atoms with Gasteiger partial charge in [-0.2, -0.15) is 5.26 Å². The van der Waals surface area contributed by atoms with Crippen molar-refractivity contribution in [3.63, 3.8) is 0 Å². The van der Waals surface area contributed by atoms with Gasteiger partial charge in [-0.25, -0.2) is 4.98 Å². The summed E-state index contributed by atoms with van der Waals surface area (Å²) < 4.78 is 12.0. The van der Waals surface area contributed by atoms with E-state index in [9.17, 15) is 0 Å². The van der Waals surface area contributed by atoms with Crippen LogP contribution in [0.15, 0.2) is 18.3 Å². The molecule has 0 radical (unpaired) electrons. The second kappa shape index (κ2) is 5.78. The highest BCUT2D eigenvalue weighted by Crippen LogP contribution is 2.37. The first-order valence-electron chi connectivity index (χ1n) is 7.21. The van der Waals surface area contributed by atoms with Crippen LogP contribution in [-0.2, 0) is 9.47 Å². The van der Waals surface area contributed by atoms with Crippen LogP contribution < -0.4 is 5.32 Å². The fraction of sp³-hybridized carbons (Fsp3) is 0.600. The largest absolute Gasteiger partial charge is 0.367 e. The first-order valence-corrected chi connectivity index (χ1v) is 7.21. The van der Waals surface area contributed by atoms with Crippen molar-refractivity contribution in [2.75, 3.05) is 18.5 Å². The molecule has 1 aromatic rings. The van der Waals surface area contributed by atoms with E-state index in [4.69, 9.17) is 14.7 Å². The second-order valence-corrected chi connectivity index (χ2v) is 5.45. The Labute approximate surface area is 118 Å². The summed E-state index contributed by atoms with van der Waals surface area (Å²) in [6.07, 6.45) is 7.33. The van der Waals surface area contributed by atoms with Gasteiger partial charge in [0.25, 0.3) is 0 Å². The molecule has 5 nitrogen and oxygen atoms in total. The highest BCUT2D eigenvalue weighted by molar-refractivity contribution is 5.38. The van der Waals surface area contributed by atoms with Gasteiger partial charge in [-0.15, -0.1) is 0 Å². The first-order chi connectivity index (χ1) is 9.80. The van der Waals surface area contributed by atoms with E-state index >= 15 is 0 Å². The molecule has 1 aliphatic carbocycles. The monoisotopic (exact) mass is 273 g/mol. The molecule has 2 heterocycles. The average molecular weight is 273 g/mol. The standard InChI is InChI=1S/C15H19N3O2/c16-8-12-4-5-14(17-9-12)18-10-13-11-19-15(20-13)6-2-1-3-7-15/h4-5,9,13H,1-3,6-7,10-11H2,(H,17,18)/t13-/m1/s1. The number of nitrogens with one attached hydrogen (secondary N) is 1. The van der Waals surface area contributed by atoms with Gasteiger partial charge in [0.05, 0.1) is 12.2 Å². The number of anilines is 1. The van der Waals surface area contributed by atoms with E-state index in [-0.39, 0.29) is 11.9 Å². The van der Waals surface area contributed by atoms with Gasteiger partial charge in [0.1, 0.15) is 18.0 Å². The summed E-state index contributed by atoms with van der Waals surface area (Å²) >= 11 is 0. The number of pyridine rings is 1. The Morgan fingerprint density at radius 1 is 1.35 bits per heavy atom. The molecule has 106 valence electrons. The van der Waals surface area contributed by atoms with E-state index in [1.165, 1.54) is 19.3 Å². The molecule has 1 spiro atoms. The van der Waals surface area contributed by atoms with Gasteiger partial charge >= 0.3 is 0 Å². The Morgan fingerprint density at radius 3 is 2.90 bits per heavy atom. The van der Waals surface area contributed by atoms with Crippen molar-refractivity contribution < 1.29 is 9.47 Å². The minimum absolute atomic E-state index is 0.0746. The van der Waals surface area contributed by atoms with Gasteiger partial charge in [-0.3, -0.25) is 0 Å². The topological polar surface area (TPSA) is 67.2 Å². The summed E-state index contributed by atoms with van der Waals surface area (Å²) in [6, 6.07) is 5.62. The zero-order valence-electron chi connectivity index (χ0n) is 11.5. The number of hydrogen-bond donors (Lipinski definition) is 1. The lowest BCUT2D eigenvalue weighted by Crippen LogP contribution is -2.34. The predicted octanol–water partition coefficient (Wildman–Crippen LogP) is 2.44. The third-order valence-electron chi connectivity index (χ3n) is 3.93. The van der Waals surface area contributed by atoms with E-state index in [2.05, 4.69) is 16.4 Å². The molecule has 1 saturated carbocycles. The van der Waals surface area contributed by atoms with Crippen LogP contribution in [0.2, 0.25) is 0 Å². The molecule has 0 aromatic carbocycles. The zero-order chi connectivity index (χ0) is 13.8. The maximum absolute atomic E-state index is 8.72. The van der Waals surface area contributed by atoms with Crippen LogP contribution in [0.3, 0.4) is 0 Å². The predicted molar refractivity (Wildman–Crippen MR) is 74.1 cm³/mol. The maximum Gasteiger partial charge on any atom is 0.168 e. The summed E-state index contributed by atoms with van der Waals surface area (Å²) in [5.74, 6) is 0.445. The van der Waals surface area contributed by atoms with Crippen molar-refractivity contribution in [1.82, 2.24) is 4.98 Å². The smallest absolute Gasteiger partial charge is 0.168 e. The highest BCUT2D eigenvalue weighted by Gasteiger charge is 2.41. The second-order valence-electron chi connectivity index (χ2n) is 5.45. The zero-order valence-corrected chi connectivity index (χ0v) is 11.5. The fourth-order valence-corrected chi connectivity index (χ4v) is 2.85. The van der Waals surface area contributed by atoms with Crippen LogP contribution >= 0.6 is 0 Å². The van der Waals surface area contributed by atoms with Crippen LogP contribution in [0, 0.1) is 11.3 Å². The number of ether oxygens (including phenoxy) is 2. The number of aromatic nitrogens is 1. The van der Waals surface area contributed by atoms with Crippen LogP contribution in [0.1, 0.15) is 37.7 Å². The minimum Gasteiger partial charge on any atom is -0.367 e. The van der Waals surface area contributed by atoms with E-state index in [0.717, 1.165) is 18.7 Å². The number of nitrogens with zero attached hydrogens (tertiary/aromatic N) is 2. The van der Waals surface area contributed by atoms with Gasteiger partial charge in [0.15, 0.2) is 5.79 Å². The third-order valence-corrected chi connectivity index (χ3v) is 3.93. The van der Waals surface area contributed by atoms with E-state index < -0.39 is 0 Å². The summed E-state index contributed by atoms with van der Waals surface area (Å²) in [5, 5.41) is 12.0. The molecular formula is C15H19N3O2. The lowest BCUT2D eigenvalue weighted by molar-refractivity contribution is -0.185. The van der Waals surface area contributed by atoms with Gasteiger partial charge in [0.2, 0.25) is 0 Å². The maximum atomic E-state index is 8.72. The van der Waals surface area contributed by atoms with Crippen molar-refractivity contribution in [3.05, 3.63) is 23.9 Å². The molecule has 1 aromatic heterocycles. The Balaban J connectivity index is 1.50. The van der Waals surface area contributed by atoms with Gasteiger partial charge < -0.3 is 14.8 Å².